The molecule has 8 heteroatoms. The number of hydrogen-bond donors (Lipinski definition) is 2. The van der Waals surface area contributed by atoms with Gasteiger partial charge in [0.05, 0.1) is 0 Å². The molecule has 0 atom stereocenters. The van der Waals surface area contributed by atoms with Gasteiger partial charge in [0.2, 0.25) is 5.91 Å². The summed E-state index contributed by atoms with van der Waals surface area (Å²) >= 11 is 0. The Morgan fingerprint density at radius 2 is 1.80 bits per heavy atom. The summed E-state index contributed by atoms with van der Waals surface area (Å²) < 4.78 is 39.5. The monoisotopic (exact) mass is 299 g/mol. The number of aliphatic carboxylic acids is 1. The molecule has 0 aromatic heterocycles. The number of carbonyl (C=O) groups excluding carboxylic acids is 1. The van der Waals surface area contributed by atoms with E-state index in [0.717, 1.165) is 0 Å². The summed E-state index contributed by atoms with van der Waals surface area (Å²) in [5, 5.41) is 11.0. The molecule has 0 bridgehead atoms. The first-order chi connectivity index (χ1) is 9.02. The molecule has 5 nitrogen and oxygen atoms in total. The van der Waals surface area contributed by atoms with Crippen molar-refractivity contribution in [3.05, 3.63) is 0 Å². The van der Waals surface area contributed by atoms with Crippen LogP contribution in [0.5, 0.6) is 0 Å². The van der Waals surface area contributed by atoms with Crippen molar-refractivity contribution < 1.29 is 32.6 Å². The summed E-state index contributed by atoms with van der Waals surface area (Å²) in [6.45, 7) is 1.89. The molecule has 20 heavy (non-hydrogen) atoms. The second-order valence-corrected chi connectivity index (χ2v) is 5.27. The summed E-state index contributed by atoms with van der Waals surface area (Å²) in [7, 11) is 0. The first kappa shape index (κ1) is 18.7. The number of alkyl halides is 3. The van der Waals surface area contributed by atoms with Gasteiger partial charge in [0.25, 0.3) is 0 Å². The topological polar surface area (TPSA) is 75.6 Å². The van der Waals surface area contributed by atoms with E-state index in [2.05, 4.69) is 10.1 Å². The van der Waals surface area contributed by atoms with Gasteiger partial charge in [-0.3, -0.25) is 9.59 Å². The Kier molecular flexibility index (Phi) is 7.55. The van der Waals surface area contributed by atoms with E-state index in [0.29, 0.717) is 12.8 Å². The summed E-state index contributed by atoms with van der Waals surface area (Å²) in [5.41, 5.74) is -0.265. The number of halogens is 3. The molecule has 0 aromatic carbocycles. The minimum atomic E-state index is -4.45. The van der Waals surface area contributed by atoms with Crippen molar-refractivity contribution in [2.75, 3.05) is 19.8 Å². The van der Waals surface area contributed by atoms with E-state index >= 15 is 0 Å². The van der Waals surface area contributed by atoms with Crippen LogP contribution in [-0.4, -0.2) is 42.9 Å². The van der Waals surface area contributed by atoms with Gasteiger partial charge in [0.1, 0.15) is 13.2 Å². The van der Waals surface area contributed by atoms with E-state index in [1.54, 1.807) is 0 Å². The lowest BCUT2D eigenvalue weighted by Crippen LogP contribution is -2.32. The fraction of sp³-hybridized carbons (Fsp3) is 0.833. The maximum Gasteiger partial charge on any atom is 0.411 e. The smallest absolute Gasteiger partial charge is 0.411 e. The molecule has 0 unspecified atom stereocenters. The number of hydrogen-bond acceptors (Lipinski definition) is 3. The molecule has 1 amide bonds. The van der Waals surface area contributed by atoms with Crippen LogP contribution in [0.15, 0.2) is 0 Å². The molecule has 0 aliphatic carbocycles. The Labute approximate surface area is 115 Å². The lowest BCUT2D eigenvalue weighted by molar-refractivity contribution is -0.175. The summed E-state index contributed by atoms with van der Waals surface area (Å²) in [5.74, 6) is -1.51. The lowest BCUT2D eigenvalue weighted by atomic mass is 9.84. The van der Waals surface area contributed by atoms with Crippen molar-refractivity contribution in [3.8, 4) is 0 Å². The molecule has 0 fully saturated rings. The predicted octanol–water partition coefficient (Wildman–Crippen LogP) is 1.96. The average Bonchev–Trinajstić information content (AvgIpc) is 2.24. The van der Waals surface area contributed by atoms with Gasteiger partial charge in [-0.15, -0.1) is 0 Å². The molecular weight excluding hydrogens is 279 g/mol. The van der Waals surface area contributed by atoms with Crippen LogP contribution in [0.2, 0.25) is 0 Å². The highest BCUT2D eigenvalue weighted by molar-refractivity contribution is 5.77. The Morgan fingerprint density at radius 1 is 1.20 bits per heavy atom. The molecule has 0 aliphatic rings. The van der Waals surface area contributed by atoms with Crippen molar-refractivity contribution in [1.82, 2.24) is 5.32 Å². The fourth-order valence-corrected chi connectivity index (χ4v) is 1.42. The van der Waals surface area contributed by atoms with Gasteiger partial charge in [-0.2, -0.15) is 13.2 Å². The Hall–Kier alpha value is -1.31. The molecule has 118 valence electrons. The maximum absolute atomic E-state index is 11.8. The molecular formula is C12H20F3NO4. The van der Waals surface area contributed by atoms with E-state index in [4.69, 9.17) is 5.11 Å². The summed E-state index contributed by atoms with van der Waals surface area (Å²) in [4.78, 5) is 21.6. The third kappa shape index (κ3) is 11.8. The number of ether oxygens (including phenoxy) is 1. The number of carbonyl (C=O) groups is 2. The maximum atomic E-state index is 11.8. The van der Waals surface area contributed by atoms with Crippen LogP contribution < -0.4 is 5.32 Å². The third-order valence-electron chi connectivity index (χ3n) is 2.64. The molecule has 0 radical (unpaired) electrons. The van der Waals surface area contributed by atoms with E-state index in [-0.39, 0.29) is 18.4 Å². The number of rotatable bonds is 9. The van der Waals surface area contributed by atoms with Crippen LogP contribution >= 0.6 is 0 Å². The minimum Gasteiger partial charge on any atom is -0.481 e. The zero-order chi connectivity index (χ0) is 15.8. The van der Waals surface area contributed by atoms with Crippen LogP contribution in [0.25, 0.3) is 0 Å². The largest absolute Gasteiger partial charge is 0.481 e. The van der Waals surface area contributed by atoms with E-state index < -0.39 is 31.3 Å². The van der Waals surface area contributed by atoms with Gasteiger partial charge in [0.15, 0.2) is 0 Å². The van der Waals surface area contributed by atoms with Gasteiger partial charge in [-0.05, 0) is 18.3 Å². The van der Waals surface area contributed by atoms with Crippen LogP contribution in [0, 0.1) is 5.41 Å². The average molecular weight is 299 g/mol. The molecule has 2 N–H and O–H groups in total. The van der Waals surface area contributed by atoms with Crippen LogP contribution in [0.4, 0.5) is 13.2 Å². The Morgan fingerprint density at radius 3 is 2.30 bits per heavy atom. The lowest BCUT2D eigenvalue weighted by Gasteiger charge is -2.23. The van der Waals surface area contributed by atoms with E-state index in [1.807, 2.05) is 13.8 Å². The molecule has 0 saturated heterocycles. The highest BCUT2D eigenvalue weighted by atomic mass is 19.4. The zero-order valence-electron chi connectivity index (χ0n) is 11.5. The number of carboxylic acids is 1. The quantitative estimate of drug-likeness (QED) is 0.682. The Balaban J connectivity index is 3.77. The summed E-state index contributed by atoms with van der Waals surface area (Å²) in [6.07, 6.45) is -3.41. The van der Waals surface area contributed by atoms with Gasteiger partial charge in [-0.1, -0.05) is 13.8 Å². The normalized spacial score (nSPS) is 12.2. The molecule has 0 aromatic rings. The van der Waals surface area contributed by atoms with Crippen molar-refractivity contribution in [2.24, 2.45) is 5.41 Å². The number of nitrogens with one attached hydrogen (secondary N) is 1. The SMILES string of the molecule is CC(C)(CCNC(=O)COCC(F)(F)F)CCC(=O)O. The zero-order valence-corrected chi connectivity index (χ0v) is 11.5. The molecule has 0 aliphatic heterocycles. The van der Waals surface area contributed by atoms with Gasteiger partial charge in [0, 0.05) is 13.0 Å². The predicted molar refractivity (Wildman–Crippen MR) is 65.2 cm³/mol. The fourth-order valence-electron chi connectivity index (χ4n) is 1.42. The van der Waals surface area contributed by atoms with Crippen molar-refractivity contribution >= 4 is 11.9 Å². The van der Waals surface area contributed by atoms with Crippen molar-refractivity contribution in [3.63, 3.8) is 0 Å². The second kappa shape index (κ2) is 8.08. The Bertz CT molecular complexity index is 329. The highest BCUT2D eigenvalue weighted by Gasteiger charge is 2.27. The number of carboxylic acid groups (broad SMARTS) is 1. The van der Waals surface area contributed by atoms with Crippen molar-refractivity contribution in [2.45, 2.75) is 39.3 Å². The van der Waals surface area contributed by atoms with Crippen LogP contribution in [0.3, 0.4) is 0 Å². The molecule has 0 saturated carbocycles. The standard InChI is InChI=1S/C12H20F3NO4/c1-11(2,4-3-10(18)19)5-6-16-9(17)7-20-8-12(13,14)15/h3-8H2,1-2H3,(H,16,17)(H,18,19). The number of amides is 1. The van der Waals surface area contributed by atoms with Crippen LogP contribution in [-0.2, 0) is 14.3 Å². The molecule has 0 rings (SSSR count). The van der Waals surface area contributed by atoms with E-state index in [9.17, 15) is 22.8 Å². The first-order valence-corrected chi connectivity index (χ1v) is 6.15. The summed E-state index contributed by atoms with van der Waals surface area (Å²) in [6, 6.07) is 0. The minimum absolute atomic E-state index is 0.0373. The van der Waals surface area contributed by atoms with Crippen LogP contribution in [0.1, 0.15) is 33.1 Å². The van der Waals surface area contributed by atoms with Gasteiger partial charge in [-0.25, -0.2) is 0 Å². The first-order valence-electron chi connectivity index (χ1n) is 6.15. The van der Waals surface area contributed by atoms with Gasteiger partial charge >= 0.3 is 12.1 Å². The molecule has 0 heterocycles. The third-order valence-corrected chi connectivity index (χ3v) is 2.64. The van der Waals surface area contributed by atoms with E-state index in [1.165, 1.54) is 0 Å². The highest BCUT2D eigenvalue weighted by Crippen LogP contribution is 2.25. The van der Waals surface area contributed by atoms with Gasteiger partial charge < -0.3 is 15.2 Å². The van der Waals surface area contributed by atoms with Crippen molar-refractivity contribution in [1.29, 1.82) is 0 Å². The second-order valence-electron chi connectivity index (χ2n) is 5.27. The molecule has 0 spiro atoms.